The van der Waals surface area contributed by atoms with Crippen LogP contribution in [0.3, 0.4) is 0 Å². The summed E-state index contributed by atoms with van der Waals surface area (Å²) < 4.78 is 11.9. The third kappa shape index (κ3) is 4.39. The van der Waals surface area contributed by atoms with Gasteiger partial charge in [-0.1, -0.05) is 54.7 Å². The summed E-state index contributed by atoms with van der Waals surface area (Å²) in [4.78, 5) is 15.1. The van der Waals surface area contributed by atoms with Gasteiger partial charge in [0.25, 0.3) is 5.91 Å². The zero-order valence-corrected chi connectivity index (χ0v) is 18.0. The molecule has 2 aromatic carbocycles. The maximum atomic E-state index is 12.9. The number of aryl methyl sites for hydroxylation is 1. The quantitative estimate of drug-likeness (QED) is 0.456. The molecule has 1 saturated heterocycles. The van der Waals surface area contributed by atoms with E-state index >= 15 is 0 Å². The van der Waals surface area contributed by atoms with E-state index in [0.717, 1.165) is 23.2 Å². The Kier molecular flexibility index (Phi) is 6.42. The normalized spacial score (nSPS) is 16.6. The SMILES string of the molecule is CC[C@H](C)Oc1ccc(/C=C2/SC(=S)N(c3ccc(C)cc3)C2=O)cc1OC. The summed E-state index contributed by atoms with van der Waals surface area (Å²) in [5.74, 6) is 1.22. The minimum Gasteiger partial charge on any atom is -0.493 e. The molecule has 6 heteroatoms. The second-order valence-corrected chi connectivity index (χ2v) is 8.28. The van der Waals surface area contributed by atoms with Crippen LogP contribution in [-0.2, 0) is 4.79 Å². The standard InChI is InChI=1S/C22H23NO3S2/c1-5-15(3)26-18-11-8-16(12-19(18)25-4)13-20-21(24)23(22(27)28-20)17-9-6-14(2)7-10-17/h6-13,15H,5H2,1-4H3/b20-13+/t15-/m0/s1. The number of benzene rings is 2. The van der Waals surface area contributed by atoms with Crippen LogP contribution in [0, 0.1) is 6.92 Å². The Morgan fingerprint density at radius 1 is 1.18 bits per heavy atom. The van der Waals surface area contributed by atoms with Crippen molar-refractivity contribution in [1.29, 1.82) is 0 Å². The summed E-state index contributed by atoms with van der Waals surface area (Å²) in [6.45, 7) is 6.10. The molecule has 0 radical (unpaired) electrons. The number of carbonyl (C=O) groups excluding carboxylic acids is 1. The number of rotatable bonds is 6. The number of thioether (sulfide) groups is 1. The molecule has 0 aliphatic carbocycles. The highest BCUT2D eigenvalue weighted by atomic mass is 32.2. The number of anilines is 1. The number of carbonyl (C=O) groups is 1. The Morgan fingerprint density at radius 3 is 2.54 bits per heavy atom. The predicted molar refractivity (Wildman–Crippen MR) is 120 cm³/mol. The Morgan fingerprint density at radius 2 is 1.89 bits per heavy atom. The lowest BCUT2D eigenvalue weighted by atomic mass is 10.1. The second kappa shape index (κ2) is 8.80. The molecule has 1 aliphatic heterocycles. The molecule has 0 aromatic heterocycles. The van der Waals surface area contributed by atoms with Crippen LogP contribution in [0.5, 0.6) is 11.5 Å². The Hall–Kier alpha value is -2.31. The van der Waals surface area contributed by atoms with Gasteiger partial charge in [0.15, 0.2) is 15.8 Å². The molecule has 0 unspecified atom stereocenters. The van der Waals surface area contributed by atoms with Gasteiger partial charge in [-0.25, -0.2) is 0 Å². The lowest BCUT2D eigenvalue weighted by Gasteiger charge is -2.16. The van der Waals surface area contributed by atoms with E-state index in [1.807, 2.05) is 62.4 Å². The third-order valence-electron chi connectivity index (χ3n) is 4.47. The molecule has 0 saturated carbocycles. The van der Waals surface area contributed by atoms with E-state index in [0.29, 0.717) is 20.7 Å². The van der Waals surface area contributed by atoms with E-state index in [4.69, 9.17) is 21.7 Å². The van der Waals surface area contributed by atoms with Crippen molar-refractivity contribution in [3.05, 3.63) is 58.5 Å². The number of nitrogens with zero attached hydrogens (tertiary/aromatic N) is 1. The average molecular weight is 414 g/mol. The first-order valence-corrected chi connectivity index (χ1v) is 10.3. The first-order chi connectivity index (χ1) is 13.4. The van der Waals surface area contributed by atoms with Crippen molar-refractivity contribution in [2.75, 3.05) is 12.0 Å². The molecule has 1 amide bonds. The van der Waals surface area contributed by atoms with E-state index in [2.05, 4.69) is 6.92 Å². The van der Waals surface area contributed by atoms with Crippen molar-refractivity contribution in [2.45, 2.75) is 33.3 Å². The van der Waals surface area contributed by atoms with E-state index in [1.54, 1.807) is 12.0 Å². The number of amides is 1. The zero-order chi connectivity index (χ0) is 20.3. The average Bonchev–Trinajstić information content (AvgIpc) is 2.96. The lowest BCUT2D eigenvalue weighted by Crippen LogP contribution is -2.27. The smallest absolute Gasteiger partial charge is 0.270 e. The third-order valence-corrected chi connectivity index (χ3v) is 5.78. The highest BCUT2D eigenvalue weighted by molar-refractivity contribution is 8.27. The molecule has 0 bridgehead atoms. The Bertz CT molecular complexity index is 922. The van der Waals surface area contributed by atoms with E-state index in [-0.39, 0.29) is 12.0 Å². The lowest BCUT2D eigenvalue weighted by molar-refractivity contribution is -0.113. The molecule has 1 aliphatic rings. The van der Waals surface area contributed by atoms with Gasteiger partial charge < -0.3 is 9.47 Å². The van der Waals surface area contributed by atoms with Crippen molar-refractivity contribution in [3.8, 4) is 11.5 Å². The number of hydrogen-bond donors (Lipinski definition) is 0. The molecule has 4 nitrogen and oxygen atoms in total. The van der Waals surface area contributed by atoms with Crippen molar-refractivity contribution in [1.82, 2.24) is 0 Å². The van der Waals surface area contributed by atoms with Gasteiger partial charge >= 0.3 is 0 Å². The minimum atomic E-state index is -0.113. The first-order valence-electron chi connectivity index (χ1n) is 9.12. The fourth-order valence-corrected chi connectivity index (χ4v) is 4.01. The van der Waals surface area contributed by atoms with Crippen molar-refractivity contribution in [2.24, 2.45) is 0 Å². The van der Waals surface area contributed by atoms with Crippen LogP contribution >= 0.6 is 24.0 Å². The van der Waals surface area contributed by atoms with Crippen LogP contribution in [0.2, 0.25) is 0 Å². The van der Waals surface area contributed by atoms with E-state index < -0.39 is 0 Å². The zero-order valence-electron chi connectivity index (χ0n) is 16.4. The molecule has 28 heavy (non-hydrogen) atoms. The van der Waals surface area contributed by atoms with Gasteiger partial charge in [-0.3, -0.25) is 9.69 Å². The molecule has 146 valence electrons. The first kappa shape index (κ1) is 20.4. The Labute approximate surface area is 175 Å². The summed E-state index contributed by atoms with van der Waals surface area (Å²) in [7, 11) is 1.61. The molecule has 0 N–H and O–H groups in total. The van der Waals surface area contributed by atoms with Crippen molar-refractivity contribution in [3.63, 3.8) is 0 Å². The van der Waals surface area contributed by atoms with Crippen molar-refractivity contribution >= 4 is 46.0 Å². The predicted octanol–water partition coefficient (Wildman–Crippen LogP) is 5.59. The largest absolute Gasteiger partial charge is 0.493 e. The Balaban J connectivity index is 1.86. The number of thiocarbonyl (C=S) groups is 1. The summed E-state index contributed by atoms with van der Waals surface area (Å²) in [6.07, 6.45) is 2.85. The van der Waals surface area contributed by atoms with Crippen LogP contribution in [-0.4, -0.2) is 23.4 Å². The van der Waals surface area contributed by atoms with Crippen LogP contribution in [0.15, 0.2) is 47.4 Å². The van der Waals surface area contributed by atoms with Crippen LogP contribution in [0.1, 0.15) is 31.4 Å². The number of ether oxygens (including phenoxy) is 2. The topological polar surface area (TPSA) is 38.8 Å². The molecular weight excluding hydrogens is 390 g/mol. The van der Waals surface area contributed by atoms with Gasteiger partial charge in [0.2, 0.25) is 0 Å². The van der Waals surface area contributed by atoms with Crippen LogP contribution < -0.4 is 14.4 Å². The van der Waals surface area contributed by atoms with E-state index in [1.165, 1.54) is 11.8 Å². The van der Waals surface area contributed by atoms with Gasteiger partial charge in [0.1, 0.15) is 0 Å². The second-order valence-electron chi connectivity index (χ2n) is 6.60. The monoisotopic (exact) mass is 413 g/mol. The summed E-state index contributed by atoms with van der Waals surface area (Å²) in [5.41, 5.74) is 2.78. The molecule has 1 heterocycles. The van der Waals surface area contributed by atoms with Gasteiger partial charge in [-0.15, -0.1) is 0 Å². The highest BCUT2D eigenvalue weighted by Crippen LogP contribution is 2.37. The van der Waals surface area contributed by atoms with Crippen LogP contribution in [0.4, 0.5) is 5.69 Å². The maximum Gasteiger partial charge on any atom is 0.270 e. The summed E-state index contributed by atoms with van der Waals surface area (Å²) in [5, 5.41) is 0. The van der Waals surface area contributed by atoms with Gasteiger partial charge in [0, 0.05) is 0 Å². The van der Waals surface area contributed by atoms with Crippen molar-refractivity contribution < 1.29 is 14.3 Å². The highest BCUT2D eigenvalue weighted by Gasteiger charge is 2.33. The van der Waals surface area contributed by atoms with Gasteiger partial charge in [-0.05, 0) is 56.2 Å². The molecular formula is C22H23NO3S2. The molecule has 1 fully saturated rings. The van der Waals surface area contributed by atoms with Gasteiger partial charge in [0.05, 0.1) is 23.8 Å². The minimum absolute atomic E-state index is 0.102. The summed E-state index contributed by atoms with van der Waals surface area (Å²) in [6, 6.07) is 13.4. The molecule has 3 rings (SSSR count). The van der Waals surface area contributed by atoms with E-state index in [9.17, 15) is 4.79 Å². The molecule has 0 spiro atoms. The number of methoxy groups -OCH3 is 1. The number of hydrogen-bond acceptors (Lipinski definition) is 5. The maximum absolute atomic E-state index is 12.9. The van der Waals surface area contributed by atoms with Gasteiger partial charge in [-0.2, -0.15) is 0 Å². The fourth-order valence-electron chi connectivity index (χ4n) is 2.71. The molecule has 2 aromatic rings. The molecule has 1 atom stereocenters. The fraction of sp³-hybridized carbons (Fsp3) is 0.273. The van der Waals surface area contributed by atoms with Crippen LogP contribution in [0.25, 0.3) is 6.08 Å². The summed E-state index contributed by atoms with van der Waals surface area (Å²) >= 11 is 6.74.